The van der Waals surface area contributed by atoms with E-state index < -0.39 is 0 Å². The normalized spacial score (nSPS) is 12.7. The average Bonchev–Trinajstić information content (AvgIpc) is 2.95. The number of para-hydroxylation sites is 1. The Hall–Kier alpha value is -2.27. The van der Waals surface area contributed by atoms with Crippen LogP contribution in [-0.4, -0.2) is 15.1 Å². The molecule has 5 nitrogen and oxygen atoms in total. The molecule has 0 fully saturated rings. The van der Waals surface area contributed by atoms with Crippen LogP contribution in [0.3, 0.4) is 0 Å². The monoisotopic (exact) mass is 254 g/mol. The summed E-state index contributed by atoms with van der Waals surface area (Å²) < 4.78 is 5.16. The van der Waals surface area contributed by atoms with Crippen molar-refractivity contribution in [3.63, 3.8) is 0 Å². The maximum Gasteiger partial charge on any atom is 0.243 e. The minimum Gasteiger partial charge on any atom is -0.337 e. The molecule has 2 N–H and O–H groups in total. The molecule has 19 heavy (non-hydrogen) atoms. The average molecular weight is 254 g/mol. The van der Waals surface area contributed by atoms with Crippen molar-refractivity contribution >= 4 is 10.9 Å². The Balaban J connectivity index is 2.01. The summed E-state index contributed by atoms with van der Waals surface area (Å²) in [6.45, 7) is 1.98. The first-order valence-corrected chi connectivity index (χ1v) is 6.23. The van der Waals surface area contributed by atoms with E-state index >= 15 is 0 Å². The second kappa shape index (κ2) is 4.78. The van der Waals surface area contributed by atoms with Gasteiger partial charge in [-0.3, -0.25) is 0 Å². The Morgan fingerprint density at radius 3 is 2.84 bits per heavy atom. The van der Waals surface area contributed by atoms with Crippen molar-refractivity contribution < 1.29 is 4.52 Å². The van der Waals surface area contributed by atoms with Gasteiger partial charge in [-0.25, -0.2) is 4.98 Å². The fourth-order valence-corrected chi connectivity index (χ4v) is 1.86. The molecule has 3 aromatic rings. The van der Waals surface area contributed by atoms with Gasteiger partial charge in [0.1, 0.15) is 5.69 Å². The predicted octanol–water partition coefficient (Wildman–Crippen LogP) is 2.69. The molecule has 0 saturated carbocycles. The molecule has 0 amide bonds. The highest BCUT2D eigenvalue weighted by Crippen LogP contribution is 2.20. The topological polar surface area (TPSA) is 77.8 Å². The van der Waals surface area contributed by atoms with E-state index in [0.717, 1.165) is 17.3 Å². The van der Waals surface area contributed by atoms with Gasteiger partial charge in [0.2, 0.25) is 11.7 Å². The van der Waals surface area contributed by atoms with Gasteiger partial charge in [0.25, 0.3) is 0 Å². The van der Waals surface area contributed by atoms with E-state index in [-0.39, 0.29) is 6.04 Å². The summed E-state index contributed by atoms with van der Waals surface area (Å²) in [6.07, 6.45) is 0.757. The van der Waals surface area contributed by atoms with Crippen molar-refractivity contribution in [3.8, 4) is 11.5 Å². The Kier molecular flexibility index (Phi) is 2.97. The molecular formula is C14H14N4O. The van der Waals surface area contributed by atoms with Crippen LogP contribution in [0.1, 0.15) is 25.3 Å². The smallest absolute Gasteiger partial charge is 0.243 e. The third kappa shape index (κ3) is 2.20. The molecule has 1 atom stereocenters. The predicted molar refractivity (Wildman–Crippen MR) is 72.3 cm³/mol. The lowest BCUT2D eigenvalue weighted by molar-refractivity contribution is 0.352. The Labute approximate surface area is 110 Å². The molecular weight excluding hydrogens is 240 g/mol. The number of pyridine rings is 1. The van der Waals surface area contributed by atoms with Gasteiger partial charge in [-0.15, -0.1) is 0 Å². The van der Waals surface area contributed by atoms with Gasteiger partial charge in [-0.2, -0.15) is 4.98 Å². The van der Waals surface area contributed by atoms with Crippen molar-refractivity contribution in [1.29, 1.82) is 0 Å². The van der Waals surface area contributed by atoms with Crippen molar-refractivity contribution in [2.24, 2.45) is 5.73 Å². The zero-order valence-electron chi connectivity index (χ0n) is 10.6. The molecule has 5 heteroatoms. The lowest BCUT2D eigenvalue weighted by atomic mass is 10.2. The number of nitrogens with two attached hydrogens (primary N) is 1. The van der Waals surface area contributed by atoms with Crippen LogP contribution in [0.2, 0.25) is 0 Å². The number of aromatic nitrogens is 3. The summed E-state index contributed by atoms with van der Waals surface area (Å²) in [5.41, 5.74) is 7.46. The summed E-state index contributed by atoms with van der Waals surface area (Å²) in [5.74, 6) is 0.928. The van der Waals surface area contributed by atoms with Gasteiger partial charge in [0.15, 0.2) is 0 Å². The molecule has 0 spiro atoms. The molecule has 1 unspecified atom stereocenters. The quantitative estimate of drug-likeness (QED) is 0.777. The van der Waals surface area contributed by atoms with Gasteiger partial charge in [0, 0.05) is 5.39 Å². The van der Waals surface area contributed by atoms with E-state index in [0.29, 0.717) is 17.4 Å². The lowest BCUT2D eigenvalue weighted by Crippen LogP contribution is -2.08. The minimum atomic E-state index is -0.221. The number of hydrogen-bond acceptors (Lipinski definition) is 5. The van der Waals surface area contributed by atoms with Crippen LogP contribution in [0.5, 0.6) is 0 Å². The van der Waals surface area contributed by atoms with E-state index in [1.807, 2.05) is 43.3 Å². The standard InChI is InChI=1S/C14H14N4O/c1-2-10(15)14-17-13(18-19-14)12-8-7-9-5-3-4-6-11(9)16-12/h3-8,10H,2,15H2,1H3. The SMILES string of the molecule is CCC(N)c1nc(-c2ccc3ccccc3n2)no1. The zero-order valence-corrected chi connectivity index (χ0v) is 10.6. The molecule has 2 heterocycles. The first kappa shape index (κ1) is 11.8. The highest BCUT2D eigenvalue weighted by Gasteiger charge is 2.14. The van der Waals surface area contributed by atoms with E-state index in [2.05, 4.69) is 15.1 Å². The summed E-state index contributed by atoms with van der Waals surface area (Å²) in [4.78, 5) is 8.81. The molecule has 0 aliphatic heterocycles. The molecule has 0 radical (unpaired) electrons. The number of fused-ring (bicyclic) bond motifs is 1. The van der Waals surface area contributed by atoms with Gasteiger partial charge in [-0.05, 0) is 18.6 Å². The van der Waals surface area contributed by atoms with Gasteiger partial charge >= 0.3 is 0 Å². The van der Waals surface area contributed by atoms with Gasteiger partial charge in [0.05, 0.1) is 11.6 Å². The maximum absolute atomic E-state index is 5.86. The summed E-state index contributed by atoms with van der Waals surface area (Å²) >= 11 is 0. The fraction of sp³-hybridized carbons (Fsp3) is 0.214. The Morgan fingerprint density at radius 2 is 2.00 bits per heavy atom. The van der Waals surface area contributed by atoms with Crippen molar-refractivity contribution in [2.45, 2.75) is 19.4 Å². The van der Waals surface area contributed by atoms with Crippen LogP contribution in [0.25, 0.3) is 22.4 Å². The third-order valence-corrected chi connectivity index (χ3v) is 3.03. The lowest BCUT2D eigenvalue weighted by Gasteiger charge is -2.00. The number of rotatable bonds is 3. The van der Waals surface area contributed by atoms with Crippen LogP contribution < -0.4 is 5.73 Å². The molecule has 0 aliphatic rings. The summed E-state index contributed by atoms with van der Waals surface area (Å²) in [7, 11) is 0. The number of hydrogen-bond donors (Lipinski definition) is 1. The second-order valence-electron chi connectivity index (χ2n) is 4.36. The first-order chi connectivity index (χ1) is 9.28. The van der Waals surface area contributed by atoms with E-state index in [1.165, 1.54) is 0 Å². The van der Waals surface area contributed by atoms with Gasteiger partial charge < -0.3 is 10.3 Å². The largest absolute Gasteiger partial charge is 0.337 e. The molecule has 2 aromatic heterocycles. The number of benzene rings is 1. The van der Waals surface area contributed by atoms with Crippen molar-refractivity contribution in [3.05, 3.63) is 42.3 Å². The molecule has 0 bridgehead atoms. The van der Waals surface area contributed by atoms with E-state index in [4.69, 9.17) is 10.3 Å². The highest BCUT2D eigenvalue weighted by molar-refractivity contribution is 5.80. The van der Waals surface area contributed by atoms with Crippen molar-refractivity contribution in [1.82, 2.24) is 15.1 Å². The first-order valence-electron chi connectivity index (χ1n) is 6.23. The minimum absolute atomic E-state index is 0.221. The summed E-state index contributed by atoms with van der Waals surface area (Å²) in [6, 6.07) is 11.6. The zero-order chi connectivity index (χ0) is 13.2. The van der Waals surface area contributed by atoms with Crippen LogP contribution in [0.15, 0.2) is 40.9 Å². The molecule has 3 rings (SSSR count). The van der Waals surface area contributed by atoms with Gasteiger partial charge in [-0.1, -0.05) is 36.3 Å². The highest BCUT2D eigenvalue weighted by atomic mass is 16.5. The molecule has 0 saturated heterocycles. The van der Waals surface area contributed by atoms with Crippen LogP contribution in [0, 0.1) is 0 Å². The maximum atomic E-state index is 5.86. The van der Waals surface area contributed by atoms with E-state index in [9.17, 15) is 0 Å². The number of nitrogens with zero attached hydrogens (tertiary/aromatic N) is 3. The van der Waals surface area contributed by atoms with E-state index in [1.54, 1.807) is 0 Å². The van der Waals surface area contributed by atoms with Crippen LogP contribution in [0.4, 0.5) is 0 Å². The fourth-order valence-electron chi connectivity index (χ4n) is 1.86. The second-order valence-corrected chi connectivity index (χ2v) is 4.36. The molecule has 1 aromatic carbocycles. The molecule has 96 valence electrons. The molecule has 0 aliphatic carbocycles. The van der Waals surface area contributed by atoms with Crippen LogP contribution in [-0.2, 0) is 0 Å². The summed E-state index contributed by atoms with van der Waals surface area (Å²) in [5, 5.41) is 5.02. The third-order valence-electron chi connectivity index (χ3n) is 3.03. The van der Waals surface area contributed by atoms with Crippen LogP contribution >= 0.6 is 0 Å². The van der Waals surface area contributed by atoms with Crippen molar-refractivity contribution in [2.75, 3.05) is 0 Å². The Morgan fingerprint density at radius 1 is 1.16 bits per heavy atom. The Bertz CT molecular complexity index is 707.